The second kappa shape index (κ2) is 7.11. The van der Waals surface area contributed by atoms with Gasteiger partial charge in [0.2, 0.25) is 5.91 Å². The molecule has 0 spiro atoms. The number of rotatable bonds is 5. The van der Waals surface area contributed by atoms with Gasteiger partial charge in [-0.05, 0) is 42.5 Å². The highest BCUT2D eigenvalue weighted by atomic mass is 79.9. The number of carbonyl (C=O) groups is 1. The average Bonchev–Trinajstić information content (AvgIpc) is 3.10. The zero-order chi connectivity index (χ0) is 16.1. The molecule has 0 aliphatic rings. The minimum Gasteiger partial charge on any atom is -0.374 e. The zero-order valence-electron chi connectivity index (χ0n) is 12.2. The third-order valence-electron chi connectivity index (χ3n) is 3.22. The van der Waals surface area contributed by atoms with E-state index in [-0.39, 0.29) is 12.5 Å². The first-order valence-corrected chi connectivity index (χ1v) is 7.90. The Hall–Kier alpha value is -2.60. The van der Waals surface area contributed by atoms with E-state index in [0.717, 1.165) is 21.5 Å². The van der Waals surface area contributed by atoms with Crippen molar-refractivity contribution in [1.82, 2.24) is 9.78 Å². The first-order valence-electron chi connectivity index (χ1n) is 7.11. The van der Waals surface area contributed by atoms with Gasteiger partial charge < -0.3 is 10.6 Å². The molecule has 2 aromatic carbocycles. The van der Waals surface area contributed by atoms with Crippen LogP contribution in [0.25, 0.3) is 5.69 Å². The summed E-state index contributed by atoms with van der Waals surface area (Å²) in [6, 6.07) is 17.0. The van der Waals surface area contributed by atoms with Gasteiger partial charge in [0.05, 0.1) is 17.9 Å². The quantitative estimate of drug-likeness (QED) is 0.719. The molecule has 5 nitrogen and oxygen atoms in total. The van der Waals surface area contributed by atoms with Gasteiger partial charge in [0.1, 0.15) is 0 Å². The van der Waals surface area contributed by atoms with Crippen molar-refractivity contribution in [2.24, 2.45) is 0 Å². The molecule has 23 heavy (non-hydrogen) atoms. The number of para-hydroxylation sites is 2. The van der Waals surface area contributed by atoms with Gasteiger partial charge in [0, 0.05) is 22.6 Å². The smallest absolute Gasteiger partial charge is 0.243 e. The molecule has 0 unspecified atom stereocenters. The van der Waals surface area contributed by atoms with Gasteiger partial charge in [0.15, 0.2) is 0 Å². The summed E-state index contributed by atoms with van der Waals surface area (Å²) in [5.74, 6) is -0.109. The second-order valence-corrected chi connectivity index (χ2v) is 5.79. The number of nitrogens with zero attached hydrogens (tertiary/aromatic N) is 2. The van der Waals surface area contributed by atoms with E-state index in [1.165, 1.54) is 0 Å². The average molecular weight is 371 g/mol. The van der Waals surface area contributed by atoms with Gasteiger partial charge in [-0.2, -0.15) is 5.10 Å². The molecule has 0 saturated heterocycles. The number of nitrogens with one attached hydrogen (secondary N) is 2. The molecule has 2 N–H and O–H groups in total. The third kappa shape index (κ3) is 3.98. The molecule has 3 rings (SSSR count). The lowest BCUT2D eigenvalue weighted by atomic mass is 10.2. The number of hydrogen-bond donors (Lipinski definition) is 2. The van der Waals surface area contributed by atoms with Crippen molar-refractivity contribution in [2.75, 3.05) is 17.2 Å². The third-order valence-corrected chi connectivity index (χ3v) is 3.75. The second-order valence-electron chi connectivity index (χ2n) is 4.88. The van der Waals surface area contributed by atoms with Gasteiger partial charge in [-0.1, -0.05) is 28.1 Å². The molecule has 3 aromatic rings. The number of halogens is 1. The number of amides is 1. The SMILES string of the molecule is O=C(CNc1ccccc1-n1cccn1)Nc1ccc(Br)cc1. The van der Waals surface area contributed by atoms with Crippen LogP contribution in [0.5, 0.6) is 0 Å². The summed E-state index contributed by atoms with van der Waals surface area (Å²) in [5.41, 5.74) is 2.51. The summed E-state index contributed by atoms with van der Waals surface area (Å²) < 4.78 is 2.73. The monoisotopic (exact) mass is 370 g/mol. The van der Waals surface area contributed by atoms with E-state index in [1.54, 1.807) is 10.9 Å². The Balaban J connectivity index is 1.64. The van der Waals surface area contributed by atoms with Crippen LogP contribution in [0.4, 0.5) is 11.4 Å². The van der Waals surface area contributed by atoms with Gasteiger partial charge in [-0.15, -0.1) is 0 Å². The van der Waals surface area contributed by atoms with Gasteiger partial charge in [-0.3, -0.25) is 4.79 Å². The summed E-state index contributed by atoms with van der Waals surface area (Å²) in [7, 11) is 0. The van der Waals surface area contributed by atoms with Crippen molar-refractivity contribution in [3.63, 3.8) is 0 Å². The first kappa shape index (κ1) is 15.3. The molecule has 1 aromatic heterocycles. The minimum absolute atomic E-state index is 0.109. The molecule has 0 radical (unpaired) electrons. The molecule has 0 aliphatic heterocycles. The van der Waals surface area contributed by atoms with E-state index in [0.29, 0.717) is 0 Å². The lowest BCUT2D eigenvalue weighted by molar-refractivity contribution is -0.114. The maximum Gasteiger partial charge on any atom is 0.243 e. The van der Waals surface area contributed by atoms with Crippen LogP contribution < -0.4 is 10.6 Å². The molecule has 0 aliphatic carbocycles. The van der Waals surface area contributed by atoms with Crippen LogP contribution in [0.1, 0.15) is 0 Å². The summed E-state index contributed by atoms with van der Waals surface area (Å²) in [5, 5.41) is 10.2. The lowest BCUT2D eigenvalue weighted by Gasteiger charge is -2.12. The molecule has 1 amide bonds. The van der Waals surface area contributed by atoms with Crippen LogP contribution >= 0.6 is 15.9 Å². The van der Waals surface area contributed by atoms with E-state index in [4.69, 9.17) is 0 Å². The van der Waals surface area contributed by atoms with Gasteiger partial charge in [-0.25, -0.2) is 4.68 Å². The fourth-order valence-corrected chi connectivity index (χ4v) is 2.41. The highest BCUT2D eigenvalue weighted by Crippen LogP contribution is 2.19. The molecular weight excluding hydrogens is 356 g/mol. The Bertz CT molecular complexity index is 785. The largest absolute Gasteiger partial charge is 0.374 e. The molecule has 0 atom stereocenters. The molecule has 1 heterocycles. The molecular formula is C17H15BrN4O. The molecule has 6 heteroatoms. The number of benzene rings is 2. The van der Waals surface area contributed by atoms with Crippen LogP contribution in [0.3, 0.4) is 0 Å². The normalized spacial score (nSPS) is 10.3. The molecule has 0 fully saturated rings. The standard InChI is InChI=1S/C17H15BrN4O/c18-13-6-8-14(9-7-13)21-17(23)12-19-15-4-1-2-5-16(15)22-11-3-10-20-22/h1-11,19H,12H2,(H,21,23). The molecule has 0 saturated carbocycles. The van der Waals surface area contributed by atoms with Crippen LogP contribution in [0, 0.1) is 0 Å². The van der Waals surface area contributed by atoms with E-state index >= 15 is 0 Å². The van der Waals surface area contributed by atoms with Crippen molar-refractivity contribution in [3.05, 3.63) is 71.5 Å². The summed E-state index contributed by atoms with van der Waals surface area (Å²) in [6.45, 7) is 0.175. The summed E-state index contributed by atoms with van der Waals surface area (Å²) >= 11 is 3.37. The van der Waals surface area contributed by atoms with Crippen molar-refractivity contribution in [1.29, 1.82) is 0 Å². The predicted octanol–water partition coefficient (Wildman–Crippen LogP) is 3.69. The number of aromatic nitrogens is 2. The number of carbonyl (C=O) groups excluding carboxylic acids is 1. The maximum absolute atomic E-state index is 12.1. The van der Waals surface area contributed by atoms with Crippen molar-refractivity contribution in [3.8, 4) is 5.69 Å². The van der Waals surface area contributed by atoms with Gasteiger partial charge >= 0.3 is 0 Å². The summed E-state index contributed by atoms with van der Waals surface area (Å²) in [4.78, 5) is 12.1. The Kier molecular flexibility index (Phi) is 4.73. The van der Waals surface area contributed by atoms with Crippen LogP contribution in [-0.4, -0.2) is 22.2 Å². The topological polar surface area (TPSA) is 59.0 Å². The fourth-order valence-electron chi connectivity index (χ4n) is 2.15. The Morgan fingerprint density at radius 2 is 1.87 bits per heavy atom. The summed E-state index contributed by atoms with van der Waals surface area (Å²) in [6.07, 6.45) is 3.58. The lowest BCUT2D eigenvalue weighted by Crippen LogP contribution is -2.22. The van der Waals surface area contributed by atoms with Gasteiger partial charge in [0.25, 0.3) is 0 Å². The fraction of sp³-hybridized carbons (Fsp3) is 0.0588. The first-order chi connectivity index (χ1) is 11.2. The zero-order valence-corrected chi connectivity index (χ0v) is 13.8. The van der Waals surface area contributed by atoms with Crippen molar-refractivity contribution >= 4 is 33.2 Å². The van der Waals surface area contributed by atoms with Crippen molar-refractivity contribution < 1.29 is 4.79 Å². The van der Waals surface area contributed by atoms with E-state index in [2.05, 4.69) is 31.7 Å². The highest BCUT2D eigenvalue weighted by molar-refractivity contribution is 9.10. The van der Waals surface area contributed by atoms with E-state index < -0.39 is 0 Å². The van der Waals surface area contributed by atoms with Crippen LogP contribution in [0.15, 0.2) is 71.5 Å². The van der Waals surface area contributed by atoms with Crippen molar-refractivity contribution in [2.45, 2.75) is 0 Å². The predicted molar refractivity (Wildman–Crippen MR) is 94.8 cm³/mol. The Morgan fingerprint density at radius 3 is 2.61 bits per heavy atom. The number of anilines is 2. The van der Waals surface area contributed by atoms with E-state index in [1.807, 2.05) is 60.8 Å². The highest BCUT2D eigenvalue weighted by Gasteiger charge is 2.06. The Labute approximate surface area is 142 Å². The molecule has 116 valence electrons. The molecule has 0 bridgehead atoms. The minimum atomic E-state index is -0.109. The van der Waals surface area contributed by atoms with Crippen LogP contribution in [-0.2, 0) is 4.79 Å². The van der Waals surface area contributed by atoms with E-state index in [9.17, 15) is 4.79 Å². The van der Waals surface area contributed by atoms with Crippen LogP contribution in [0.2, 0.25) is 0 Å². The number of hydrogen-bond acceptors (Lipinski definition) is 3. The Morgan fingerprint density at radius 1 is 1.09 bits per heavy atom. The maximum atomic E-state index is 12.1.